The number of rotatable bonds is 8. The van der Waals surface area contributed by atoms with E-state index >= 15 is 0 Å². The molecule has 0 bridgehead atoms. The molecule has 4 aromatic rings. The van der Waals surface area contributed by atoms with Crippen LogP contribution >= 0.6 is 11.3 Å². The number of aromatic nitrogens is 2. The van der Waals surface area contributed by atoms with Gasteiger partial charge in [-0.1, -0.05) is 12.1 Å². The molecule has 1 aliphatic rings. The van der Waals surface area contributed by atoms with Gasteiger partial charge in [0.1, 0.15) is 28.6 Å². The molecule has 0 spiro atoms. The minimum absolute atomic E-state index is 0.0204. The van der Waals surface area contributed by atoms with E-state index in [2.05, 4.69) is 20.6 Å². The largest absolute Gasteiger partial charge is 0.508 e. The minimum Gasteiger partial charge on any atom is -0.508 e. The van der Waals surface area contributed by atoms with Crippen molar-refractivity contribution in [2.45, 2.75) is 44.7 Å². The van der Waals surface area contributed by atoms with Gasteiger partial charge in [-0.25, -0.2) is 14.4 Å². The number of pyridine rings is 1. The highest BCUT2D eigenvalue weighted by Gasteiger charge is 2.26. The van der Waals surface area contributed by atoms with Gasteiger partial charge in [-0.05, 0) is 80.1 Å². The summed E-state index contributed by atoms with van der Waals surface area (Å²) in [6.07, 6.45) is 4.25. The zero-order valence-corrected chi connectivity index (χ0v) is 22.9. The molecule has 0 radical (unpaired) electrons. The van der Waals surface area contributed by atoms with Crippen LogP contribution in [0.1, 0.15) is 61.9 Å². The molecule has 2 aromatic heterocycles. The van der Waals surface area contributed by atoms with Crippen molar-refractivity contribution < 1.29 is 28.6 Å². The van der Waals surface area contributed by atoms with Crippen molar-refractivity contribution in [1.82, 2.24) is 20.6 Å². The van der Waals surface area contributed by atoms with Crippen molar-refractivity contribution in [3.63, 3.8) is 0 Å². The number of hydrogen-bond acceptors (Lipinski definition) is 8. The van der Waals surface area contributed by atoms with Crippen LogP contribution < -0.4 is 15.4 Å². The van der Waals surface area contributed by atoms with Gasteiger partial charge in [0.15, 0.2) is 6.29 Å². The van der Waals surface area contributed by atoms with Gasteiger partial charge in [0.05, 0.1) is 11.2 Å². The topological polar surface area (TPSA) is 131 Å². The third kappa shape index (κ3) is 6.75. The first-order chi connectivity index (χ1) is 19.8. The molecule has 0 atom stereocenters. The van der Waals surface area contributed by atoms with Gasteiger partial charge in [-0.3, -0.25) is 14.4 Å². The summed E-state index contributed by atoms with van der Waals surface area (Å²) in [5, 5.41) is 18.2. The lowest BCUT2D eigenvalue weighted by atomic mass is 9.91. The molecule has 0 unspecified atom stereocenters. The van der Waals surface area contributed by atoms with E-state index in [1.165, 1.54) is 23.5 Å². The lowest BCUT2D eigenvalue weighted by molar-refractivity contribution is 0.0888. The summed E-state index contributed by atoms with van der Waals surface area (Å²) >= 11 is 1.42. The molecule has 1 saturated carbocycles. The number of phenolic OH excluding ortho intramolecular Hbond substituents is 1. The van der Waals surface area contributed by atoms with Crippen LogP contribution in [-0.4, -0.2) is 45.3 Å². The van der Waals surface area contributed by atoms with Crippen LogP contribution in [0.3, 0.4) is 0 Å². The summed E-state index contributed by atoms with van der Waals surface area (Å²) in [6.45, 7) is 1.85. The number of benzene rings is 2. The maximum atomic E-state index is 14.1. The number of phenols is 1. The van der Waals surface area contributed by atoms with Gasteiger partial charge in [-0.15, -0.1) is 11.3 Å². The highest BCUT2D eigenvalue weighted by Crippen LogP contribution is 2.31. The van der Waals surface area contributed by atoms with Gasteiger partial charge in [0.2, 0.25) is 5.88 Å². The molecule has 41 heavy (non-hydrogen) atoms. The number of aromatic hydroxyl groups is 1. The Labute approximate surface area is 239 Å². The average Bonchev–Trinajstić information content (AvgIpc) is 3.41. The Morgan fingerprint density at radius 1 is 1.05 bits per heavy atom. The number of aldehydes is 1. The number of carbonyl (C=O) groups is 3. The molecule has 210 valence electrons. The van der Waals surface area contributed by atoms with Crippen molar-refractivity contribution in [3.8, 4) is 28.5 Å². The fourth-order valence-electron chi connectivity index (χ4n) is 4.79. The molecule has 1 fully saturated rings. The fraction of sp³-hybridized carbons (Fsp3) is 0.233. The Morgan fingerprint density at radius 2 is 1.78 bits per heavy atom. The van der Waals surface area contributed by atoms with Crippen LogP contribution in [0.25, 0.3) is 11.1 Å². The first kappa shape index (κ1) is 27.9. The number of hydrogen-bond donors (Lipinski definition) is 3. The summed E-state index contributed by atoms with van der Waals surface area (Å²) in [5.41, 5.74) is 1.89. The van der Waals surface area contributed by atoms with Crippen LogP contribution in [-0.2, 0) is 0 Å². The van der Waals surface area contributed by atoms with Gasteiger partial charge < -0.3 is 20.5 Å². The summed E-state index contributed by atoms with van der Waals surface area (Å²) in [7, 11) is 0. The molecule has 1 aliphatic carbocycles. The second-order valence-corrected chi connectivity index (χ2v) is 10.8. The Balaban J connectivity index is 1.24. The number of ether oxygens (including phenoxy) is 1. The molecular weight excluding hydrogens is 547 g/mol. The van der Waals surface area contributed by atoms with Crippen molar-refractivity contribution in [1.29, 1.82) is 0 Å². The monoisotopic (exact) mass is 574 g/mol. The fourth-order valence-corrected chi connectivity index (χ4v) is 5.39. The Hall–Kier alpha value is -4.64. The first-order valence-corrected chi connectivity index (χ1v) is 13.9. The molecule has 2 heterocycles. The van der Waals surface area contributed by atoms with E-state index in [1.54, 1.807) is 35.7 Å². The van der Waals surface area contributed by atoms with E-state index in [0.29, 0.717) is 60.1 Å². The predicted octanol–water partition coefficient (Wildman–Crippen LogP) is 5.43. The maximum Gasteiger partial charge on any atom is 0.270 e. The molecule has 0 aliphatic heterocycles. The predicted molar refractivity (Wildman–Crippen MR) is 151 cm³/mol. The smallest absolute Gasteiger partial charge is 0.270 e. The molecule has 3 N–H and O–H groups in total. The molecule has 0 saturated heterocycles. The molecule has 2 aromatic carbocycles. The standard InChI is InChI=1S/C30H27FN4O5S/c1-17-33-27(16-41-17)29(39)35-22-7-5-21(6-8-22)34-28(38)26-13-20(31)14-32-30(26)40-24-4-2-3-18(12-24)25-10-9-23(37)11-19(25)15-36/h2-4,9-16,21-22,37H,5-8H2,1H3,(H,34,38)(H,35,39)/t21-,22-. The highest BCUT2D eigenvalue weighted by atomic mass is 32.1. The van der Waals surface area contributed by atoms with Crippen LogP contribution in [0, 0.1) is 12.7 Å². The van der Waals surface area contributed by atoms with Crippen molar-refractivity contribution in [2.75, 3.05) is 0 Å². The molecule has 11 heteroatoms. The van der Waals surface area contributed by atoms with Gasteiger partial charge >= 0.3 is 0 Å². The number of nitrogens with zero attached hydrogens (tertiary/aromatic N) is 2. The van der Waals surface area contributed by atoms with E-state index in [0.717, 1.165) is 17.3 Å². The van der Waals surface area contributed by atoms with Gasteiger partial charge in [0, 0.05) is 23.0 Å². The normalized spacial score (nSPS) is 16.5. The summed E-state index contributed by atoms with van der Waals surface area (Å²) in [6, 6.07) is 12.2. The van der Waals surface area contributed by atoms with E-state index < -0.39 is 11.7 Å². The van der Waals surface area contributed by atoms with E-state index in [-0.39, 0.29) is 35.2 Å². The summed E-state index contributed by atoms with van der Waals surface area (Å²) in [5.74, 6) is -1.17. The molecule has 9 nitrogen and oxygen atoms in total. The van der Waals surface area contributed by atoms with Crippen LogP contribution in [0.2, 0.25) is 0 Å². The summed E-state index contributed by atoms with van der Waals surface area (Å²) < 4.78 is 20.1. The number of carbonyl (C=O) groups excluding carboxylic acids is 3. The second-order valence-electron chi connectivity index (χ2n) is 9.77. The number of aryl methyl sites for hydroxylation is 1. The SMILES string of the molecule is Cc1nc(C(=O)N[C@H]2CC[C@H](NC(=O)c3cc(F)cnc3Oc3cccc(-c4ccc(O)cc4C=O)c3)CC2)cs1. The number of halogens is 1. The highest BCUT2D eigenvalue weighted by molar-refractivity contribution is 7.09. The van der Waals surface area contributed by atoms with Crippen LogP contribution in [0.15, 0.2) is 60.1 Å². The van der Waals surface area contributed by atoms with Crippen molar-refractivity contribution in [3.05, 3.63) is 87.8 Å². The van der Waals surface area contributed by atoms with Gasteiger partial charge in [-0.2, -0.15) is 0 Å². The number of thiazole rings is 1. The lowest BCUT2D eigenvalue weighted by Gasteiger charge is -2.29. The summed E-state index contributed by atoms with van der Waals surface area (Å²) in [4.78, 5) is 45.4. The average molecular weight is 575 g/mol. The first-order valence-electron chi connectivity index (χ1n) is 13.0. The lowest BCUT2D eigenvalue weighted by Crippen LogP contribution is -2.44. The van der Waals surface area contributed by atoms with Gasteiger partial charge in [0.25, 0.3) is 11.8 Å². The third-order valence-corrected chi connectivity index (χ3v) is 7.61. The molecule has 2 amide bonds. The van der Waals surface area contributed by atoms with E-state index in [9.17, 15) is 23.9 Å². The number of nitrogens with one attached hydrogen (secondary N) is 2. The van der Waals surface area contributed by atoms with Crippen LogP contribution in [0.5, 0.6) is 17.4 Å². The quantitative estimate of drug-likeness (QED) is 0.239. The molecule has 5 rings (SSSR count). The van der Waals surface area contributed by atoms with Crippen molar-refractivity contribution in [2.24, 2.45) is 0 Å². The maximum absolute atomic E-state index is 14.1. The van der Waals surface area contributed by atoms with Crippen molar-refractivity contribution >= 4 is 29.4 Å². The second kappa shape index (κ2) is 12.3. The van der Waals surface area contributed by atoms with E-state index in [1.807, 2.05) is 6.92 Å². The van der Waals surface area contributed by atoms with E-state index in [4.69, 9.17) is 4.74 Å². The Bertz CT molecular complexity index is 1600. The Kier molecular flexibility index (Phi) is 8.34. The number of amides is 2. The third-order valence-electron chi connectivity index (χ3n) is 6.83. The minimum atomic E-state index is -0.681. The Morgan fingerprint density at radius 3 is 2.46 bits per heavy atom. The molecular formula is C30H27FN4O5S. The van der Waals surface area contributed by atoms with Crippen LogP contribution in [0.4, 0.5) is 4.39 Å². The zero-order chi connectivity index (χ0) is 28.9. The zero-order valence-electron chi connectivity index (χ0n) is 22.1.